The van der Waals surface area contributed by atoms with E-state index in [4.69, 9.17) is 16.3 Å². The van der Waals surface area contributed by atoms with Gasteiger partial charge in [-0.3, -0.25) is 9.59 Å². The summed E-state index contributed by atoms with van der Waals surface area (Å²) in [6.07, 6.45) is 0.950. The average Bonchev–Trinajstić information content (AvgIpc) is 2.79. The zero-order chi connectivity index (χ0) is 16.4. The summed E-state index contributed by atoms with van der Waals surface area (Å²) in [6.45, 7) is 3.06. The van der Waals surface area contributed by atoms with Crippen LogP contribution in [0.1, 0.15) is 29.3 Å². The van der Waals surface area contributed by atoms with Gasteiger partial charge in [0, 0.05) is 5.02 Å². The largest absolute Gasteiger partial charge is 0.494 e. The molecule has 2 aromatic rings. The standard InChI is InChI=1S/C18H16ClNO3/c1-2-9-23-14-6-3-12(4-7-14)11-20-16-8-5-13(19)10-15(16)17(21)18(20)22/h3-8,10H,2,9,11H2,1H3. The molecule has 1 heterocycles. The summed E-state index contributed by atoms with van der Waals surface area (Å²) in [7, 11) is 0. The summed E-state index contributed by atoms with van der Waals surface area (Å²) in [5.41, 5.74) is 1.90. The van der Waals surface area contributed by atoms with Crippen molar-refractivity contribution in [2.24, 2.45) is 0 Å². The highest BCUT2D eigenvalue weighted by atomic mass is 35.5. The van der Waals surface area contributed by atoms with Gasteiger partial charge < -0.3 is 9.64 Å². The molecular weight excluding hydrogens is 314 g/mol. The molecule has 0 N–H and O–H groups in total. The predicted octanol–water partition coefficient (Wildman–Crippen LogP) is 3.86. The molecule has 0 saturated carbocycles. The predicted molar refractivity (Wildman–Crippen MR) is 89.2 cm³/mol. The van der Waals surface area contributed by atoms with Crippen molar-refractivity contribution >= 4 is 29.0 Å². The van der Waals surface area contributed by atoms with Gasteiger partial charge in [-0.1, -0.05) is 30.7 Å². The lowest BCUT2D eigenvalue weighted by Gasteiger charge is -2.17. The Kier molecular flexibility index (Phi) is 4.35. The lowest BCUT2D eigenvalue weighted by Crippen LogP contribution is -2.29. The van der Waals surface area contributed by atoms with E-state index in [2.05, 4.69) is 0 Å². The highest BCUT2D eigenvalue weighted by Crippen LogP contribution is 2.32. The summed E-state index contributed by atoms with van der Waals surface area (Å²) in [4.78, 5) is 25.7. The number of carbonyl (C=O) groups is 2. The first kappa shape index (κ1) is 15.6. The molecule has 0 bridgehead atoms. The third-order valence-corrected chi connectivity index (χ3v) is 3.91. The van der Waals surface area contributed by atoms with Gasteiger partial charge in [0.05, 0.1) is 24.4 Å². The Morgan fingerprint density at radius 1 is 1.09 bits per heavy atom. The normalized spacial score (nSPS) is 13.4. The van der Waals surface area contributed by atoms with Gasteiger partial charge >= 0.3 is 0 Å². The van der Waals surface area contributed by atoms with Gasteiger partial charge in [-0.25, -0.2) is 0 Å². The Balaban J connectivity index is 1.81. The maximum atomic E-state index is 12.2. The Morgan fingerprint density at radius 2 is 1.83 bits per heavy atom. The first-order chi connectivity index (χ1) is 11.1. The number of benzene rings is 2. The van der Waals surface area contributed by atoms with Crippen LogP contribution in [0.4, 0.5) is 5.69 Å². The van der Waals surface area contributed by atoms with Crippen molar-refractivity contribution in [1.82, 2.24) is 0 Å². The molecule has 3 rings (SSSR count). The molecule has 0 spiro atoms. The molecule has 23 heavy (non-hydrogen) atoms. The van der Waals surface area contributed by atoms with E-state index in [0.717, 1.165) is 17.7 Å². The van der Waals surface area contributed by atoms with Gasteiger partial charge in [0.25, 0.3) is 11.7 Å². The number of ketones is 1. The van der Waals surface area contributed by atoms with E-state index in [1.54, 1.807) is 18.2 Å². The van der Waals surface area contributed by atoms with Crippen LogP contribution in [0.3, 0.4) is 0 Å². The molecule has 1 aliphatic heterocycles. The van der Waals surface area contributed by atoms with E-state index in [0.29, 0.717) is 29.4 Å². The third kappa shape index (κ3) is 3.08. The number of hydrogen-bond donors (Lipinski definition) is 0. The smallest absolute Gasteiger partial charge is 0.299 e. The molecule has 2 aromatic carbocycles. The Hall–Kier alpha value is -2.33. The highest BCUT2D eigenvalue weighted by molar-refractivity contribution is 6.52. The molecule has 0 radical (unpaired) electrons. The lowest BCUT2D eigenvalue weighted by atomic mass is 10.1. The van der Waals surface area contributed by atoms with Crippen molar-refractivity contribution in [3.8, 4) is 5.75 Å². The van der Waals surface area contributed by atoms with Crippen LogP contribution < -0.4 is 9.64 Å². The van der Waals surface area contributed by atoms with Gasteiger partial charge in [-0.05, 0) is 42.3 Å². The molecule has 5 heteroatoms. The second-order valence-corrected chi connectivity index (χ2v) is 5.81. The molecule has 1 aliphatic rings. The fourth-order valence-electron chi connectivity index (χ4n) is 2.52. The maximum Gasteiger partial charge on any atom is 0.299 e. The van der Waals surface area contributed by atoms with E-state index in [1.807, 2.05) is 31.2 Å². The van der Waals surface area contributed by atoms with E-state index in [1.165, 1.54) is 4.90 Å². The number of amides is 1. The lowest BCUT2D eigenvalue weighted by molar-refractivity contribution is -0.114. The average molecular weight is 330 g/mol. The maximum absolute atomic E-state index is 12.2. The molecule has 4 nitrogen and oxygen atoms in total. The summed E-state index contributed by atoms with van der Waals surface area (Å²) in [5.74, 6) is -0.231. The van der Waals surface area contributed by atoms with E-state index in [9.17, 15) is 9.59 Å². The number of hydrogen-bond acceptors (Lipinski definition) is 3. The molecule has 118 valence electrons. The van der Waals surface area contributed by atoms with Gasteiger partial charge in [-0.15, -0.1) is 0 Å². The van der Waals surface area contributed by atoms with Gasteiger partial charge in [-0.2, -0.15) is 0 Å². The summed E-state index contributed by atoms with van der Waals surface area (Å²) in [6, 6.07) is 12.5. The SMILES string of the molecule is CCCOc1ccc(CN2C(=O)C(=O)c3cc(Cl)ccc32)cc1. The Labute approximate surface area is 139 Å². The molecule has 0 aromatic heterocycles. The second-order valence-electron chi connectivity index (χ2n) is 5.37. The number of nitrogens with zero attached hydrogens (tertiary/aromatic N) is 1. The summed E-state index contributed by atoms with van der Waals surface area (Å²) < 4.78 is 5.54. The topological polar surface area (TPSA) is 46.6 Å². The molecule has 0 aliphatic carbocycles. The molecule has 0 unspecified atom stereocenters. The van der Waals surface area contributed by atoms with Gasteiger partial charge in [0.1, 0.15) is 5.75 Å². The van der Waals surface area contributed by atoms with Gasteiger partial charge in [0.2, 0.25) is 0 Å². The Bertz CT molecular complexity index is 755. The molecule has 0 saturated heterocycles. The van der Waals surface area contributed by atoms with E-state index >= 15 is 0 Å². The van der Waals surface area contributed by atoms with Crippen molar-refractivity contribution in [2.45, 2.75) is 19.9 Å². The minimum atomic E-state index is -0.520. The van der Waals surface area contributed by atoms with Crippen LogP contribution in [0.5, 0.6) is 5.75 Å². The number of ether oxygens (including phenoxy) is 1. The third-order valence-electron chi connectivity index (χ3n) is 3.67. The number of halogens is 1. The number of Topliss-reactive ketones (excluding diaryl/α,β-unsaturated/α-hetero) is 1. The highest BCUT2D eigenvalue weighted by Gasteiger charge is 2.35. The van der Waals surface area contributed by atoms with Crippen molar-refractivity contribution < 1.29 is 14.3 Å². The molecular formula is C18H16ClNO3. The zero-order valence-corrected chi connectivity index (χ0v) is 13.5. The monoisotopic (exact) mass is 329 g/mol. The second kappa shape index (κ2) is 6.42. The van der Waals surface area contributed by atoms with Crippen LogP contribution in [-0.2, 0) is 11.3 Å². The number of fused-ring (bicyclic) bond motifs is 1. The number of anilines is 1. The van der Waals surface area contributed by atoms with Crippen LogP contribution in [0.25, 0.3) is 0 Å². The fraction of sp³-hybridized carbons (Fsp3) is 0.222. The minimum absolute atomic E-state index is 0.341. The summed E-state index contributed by atoms with van der Waals surface area (Å²) in [5, 5.41) is 0.448. The van der Waals surface area contributed by atoms with Crippen LogP contribution >= 0.6 is 11.6 Å². The first-order valence-corrected chi connectivity index (χ1v) is 7.85. The fourth-order valence-corrected chi connectivity index (χ4v) is 2.70. The van der Waals surface area contributed by atoms with E-state index < -0.39 is 11.7 Å². The quantitative estimate of drug-likeness (QED) is 0.783. The van der Waals surface area contributed by atoms with Crippen LogP contribution in [0.15, 0.2) is 42.5 Å². The van der Waals surface area contributed by atoms with Crippen molar-refractivity contribution in [2.75, 3.05) is 11.5 Å². The van der Waals surface area contributed by atoms with Gasteiger partial charge in [0.15, 0.2) is 0 Å². The van der Waals surface area contributed by atoms with Crippen molar-refractivity contribution in [3.63, 3.8) is 0 Å². The van der Waals surface area contributed by atoms with E-state index in [-0.39, 0.29) is 0 Å². The number of carbonyl (C=O) groups excluding carboxylic acids is 2. The van der Waals surface area contributed by atoms with Crippen LogP contribution in [0.2, 0.25) is 5.02 Å². The van der Waals surface area contributed by atoms with Crippen LogP contribution in [-0.4, -0.2) is 18.3 Å². The van der Waals surface area contributed by atoms with Crippen molar-refractivity contribution in [1.29, 1.82) is 0 Å². The first-order valence-electron chi connectivity index (χ1n) is 7.47. The Morgan fingerprint density at radius 3 is 2.52 bits per heavy atom. The molecule has 0 fully saturated rings. The van der Waals surface area contributed by atoms with Crippen molar-refractivity contribution in [3.05, 3.63) is 58.6 Å². The summed E-state index contributed by atoms with van der Waals surface area (Å²) >= 11 is 5.91. The molecule has 0 atom stereocenters. The van der Waals surface area contributed by atoms with Crippen LogP contribution in [0, 0.1) is 0 Å². The number of rotatable bonds is 5. The molecule has 1 amide bonds. The minimum Gasteiger partial charge on any atom is -0.494 e. The zero-order valence-electron chi connectivity index (χ0n) is 12.7.